The van der Waals surface area contributed by atoms with Crippen molar-refractivity contribution in [3.05, 3.63) is 66.7 Å². The molecule has 0 atom stereocenters. The van der Waals surface area contributed by atoms with Crippen molar-refractivity contribution in [2.24, 2.45) is 0 Å². The highest BCUT2D eigenvalue weighted by Crippen LogP contribution is 2.31. The van der Waals surface area contributed by atoms with E-state index in [-0.39, 0.29) is 4.90 Å². The summed E-state index contributed by atoms with van der Waals surface area (Å²) in [5, 5.41) is 8.41. The van der Waals surface area contributed by atoms with Gasteiger partial charge in [0.2, 0.25) is 0 Å². The maximum absolute atomic E-state index is 12.7. The van der Waals surface area contributed by atoms with Crippen molar-refractivity contribution in [2.75, 3.05) is 35.8 Å². The van der Waals surface area contributed by atoms with Crippen molar-refractivity contribution in [3.8, 4) is 11.5 Å². The molecule has 206 valence electrons. The van der Waals surface area contributed by atoms with Gasteiger partial charge in [-0.15, -0.1) is 0 Å². The van der Waals surface area contributed by atoms with Crippen molar-refractivity contribution >= 4 is 43.3 Å². The van der Waals surface area contributed by atoms with Crippen molar-refractivity contribution in [3.63, 3.8) is 0 Å². The SMILES string of the molecule is O=S(=O)(Nc1ccc2c(-c3nc4ccc(N5CCC(N6CCCCC6)CC5)cc4[nH]3)n[nH]c2c1)c1ccccc1. The highest BCUT2D eigenvalue weighted by Gasteiger charge is 2.26. The van der Waals surface area contributed by atoms with Crippen LogP contribution in [0.5, 0.6) is 0 Å². The Morgan fingerprint density at radius 2 is 1.65 bits per heavy atom. The third kappa shape index (κ3) is 4.82. The molecule has 3 aromatic carbocycles. The fourth-order valence-electron chi connectivity index (χ4n) is 6.16. The van der Waals surface area contributed by atoms with Crippen LogP contribution in [0.15, 0.2) is 71.6 Å². The van der Waals surface area contributed by atoms with Crippen LogP contribution in [-0.4, -0.2) is 65.7 Å². The maximum atomic E-state index is 12.7. The molecule has 0 saturated carbocycles. The molecule has 0 bridgehead atoms. The molecule has 0 aliphatic carbocycles. The van der Waals surface area contributed by atoms with E-state index < -0.39 is 10.0 Å². The van der Waals surface area contributed by atoms with E-state index in [1.807, 2.05) is 6.07 Å². The van der Waals surface area contributed by atoms with E-state index in [1.54, 1.807) is 42.5 Å². The highest BCUT2D eigenvalue weighted by molar-refractivity contribution is 7.92. The molecule has 2 aromatic heterocycles. The average molecular weight is 556 g/mol. The van der Waals surface area contributed by atoms with Gasteiger partial charge in [0.1, 0.15) is 5.69 Å². The standard InChI is InChI=1S/C30H33N7O2S/c38-40(39,24-7-3-1-4-8-24)35-21-9-11-25-27(19-21)33-34-29(25)30-31-26-12-10-23(20-28(26)32-30)37-17-13-22(14-18-37)36-15-5-2-6-16-36/h1,3-4,7-12,19-20,22,35H,2,5-6,13-18H2,(H,31,32)(H,33,34). The smallest absolute Gasteiger partial charge is 0.261 e. The summed E-state index contributed by atoms with van der Waals surface area (Å²) in [5.41, 5.74) is 4.99. The Labute approximate surface area is 233 Å². The zero-order valence-corrected chi connectivity index (χ0v) is 23.1. The van der Waals surface area contributed by atoms with Crippen LogP contribution >= 0.6 is 0 Å². The van der Waals surface area contributed by atoms with Crippen LogP contribution in [0.3, 0.4) is 0 Å². The van der Waals surface area contributed by atoms with Crippen molar-refractivity contribution in [1.29, 1.82) is 0 Å². The quantitative estimate of drug-likeness (QED) is 0.260. The zero-order chi connectivity index (χ0) is 27.1. The first-order valence-corrected chi connectivity index (χ1v) is 15.6. The normalized spacial score (nSPS) is 17.6. The van der Waals surface area contributed by atoms with Crippen LogP contribution in [0, 0.1) is 0 Å². The molecule has 7 rings (SSSR count). The van der Waals surface area contributed by atoms with Gasteiger partial charge in [0.25, 0.3) is 10.0 Å². The van der Waals surface area contributed by atoms with Crippen molar-refractivity contribution in [1.82, 2.24) is 25.1 Å². The number of fused-ring (bicyclic) bond motifs is 2. The molecule has 9 nitrogen and oxygen atoms in total. The number of hydrogen-bond donors (Lipinski definition) is 3. The summed E-state index contributed by atoms with van der Waals surface area (Å²) < 4.78 is 28.1. The van der Waals surface area contributed by atoms with E-state index in [0.29, 0.717) is 17.2 Å². The summed E-state index contributed by atoms with van der Waals surface area (Å²) in [6.45, 7) is 4.68. The van der Waals surface area contributed by atoms with E-state index >= 15 is 0 Å². The van der Waals surface area contributed by atoms with Gasteiger partial charge in [0.05, 0.1) is 27.1 Å². The second-order valence-electron chi connectivity index (χ2n) is 10.9. The van der Waals surface area contributed by atoms with Crippen molar-refractivity contribution < 1.29 is 8.42 Å². The van der Waals surface area contributed by atoms with Gasteiger partial charge in [-0.1, -0.05) is 24.6 Å². The van der Waals surface area contributed by atoms with Crippen LogP contribution < -0.4 is 9.62 Å². The van der Waals surface area contributed by atoms with Crippen LogP contribution in [0.1, 0.15) is 32.1 Å². The summed E-state index contributed by atoms with van der Waals surface area (Å²) in [5.74, 6) is 0.680. The Morgan fingerprint density at radius 1 is 0.850 bits per heavy atom. The lowest BCUT2D eigenvalue weighted by Gasteiger charge is -2.41. The predicted octanol–water partition coefficient (Wildman–Crippen LogP) is 5.36. The van der Waals surface area contributed by atoms with E-state index in [9.17, 15) is 8.42 Å². The minimum atomic E-state index is -3.68. The third-order valence-electron chi connectivity index (χ3n) is 8.30. The number of imidazole rings is 1. The first kappa shape index (κ1) is 25.1. The number of nitrogens with zero attached hydrogens (tertiary/aromatic N) is 4. The van der Waals surface area contributed by atoms with E-state index in [0.717, 1.165) is 41.1 Å². The second-order valence-corrected chi connectivity index (χ2v) is 12.5. The number of aromatic nitrogens is 4. The number of nitrogens with one attached hydrogen (secondary N) is 3. The Hall–Kier alpha value is -3.89. The number of H-pyrrole nitrogens is 2. The second kappa shape index (κ2) is 10.3. The molecule has 40 heavy (non-hydrogen) atoms. The summed E-state index contributed by atoms with van der Waals surface area (Å²) in [6.07, 6.45) is 6.51. The topological polar surface area (TPSA) is 110 Å². The van der Waals surface area contributed by atoms with Gasteiger partial charge in [0.15, 0.2) is 5.82 Å². The van der Waals surface area contributed by atoms with Crippen molar-refractivity contribution in [2.45, 2.75) is 43.0 Å². The van der Waals surface area contributed by atoms with Gasteiger partial charge in [-0.25, -0.2) is 13.4 Å². The van der Waals surface area contributed by atoms with E-state index in [1.165, 1.54) is 50.9 Å². The molecule has 0 spiro atoms. The summed E-state index contributed by atoms with van der Waals surface area (Å²) >= 11 is 0. The molecule has 2 fully saturated rings. The summed E-state index contributed by atoms with van der Waals surface area (Å²) in [7, 11) is -3.68. The van der Waals surface area contributed by atoms with Gasteiger partial charge < -0.3 is 14.8 Å². The highest BCUT2D eigenvalue weighted by atomic mass is 32.2. The molecular formula is C30H33N7O2S. The monoisotopic (exact) mass is 555 g/mol. The fraction of sp³-hybridized carbons (Fsp3) is 0.333. The van der Waals surface area contributed by atoms with Gasteiger partial charge in [0, 0.05) is 30.2 Å². The van der Waals surface area contributed by atoms with Crippen LogP contribution in [0.25, 0.3) is 33.5 Å². The molecular weight excluding hydrogens is 522 g/mol. The maximum Gasteiger partial charge on any atom is 0.261 e. The Morgan fingerprint density at radius 3 is 2.45 bits per heavy atom. The fourth-order valence-corrected chi connectivity index (χ4v) is 7.23. The largest absolute Gasteiger partial charge is 0.371 e. The first-order chi connectivity index (χ1) is 19.5. The molecule has 4 heterocycles. The number of piperidine rings is 2. The minimum absolute atomic E-state index is 0.216. The number of sulfonamides is 1. The molecule has 0 unspecified atom stereocenters. The zero-order valence-electron chi connectivity index (χ0n) is 22.3. The lowest BCUT2D eigenvalue weighted by molar-refractivity contribution is 0.141. The predicted molar refractivity (Wildman–Crippen MR) is 159 cm³/mol. The Balaban J connectivity index is 1.09. The summed E-state index contributed by atoms with van der Waals surface area (Å²) in [4.78, 5) is 13.7. The molecule has 0 radical (unpaired) electrons. The number of anilines is 2. The first-order valence-electron chi connectivity index (χ1n) is 14.1. The van der Waals surface area contributed by atoms with Gasteiger partial charge in [-0.2, -0.15) is 5.10 Å². The molecule has 3 N–H and O–H groups in total. The van der Waals surface area contributed by atoms with E-state index in [2.05, 4.69) is 47.9 Å². The molecule has 10 heteroatoms. The Bertz CT molecular complexity index is 1750. The number of benzene rings is 3. The minimum Gasteiger partial charge on any atom is -0.371 e. The molecule has 2 aliphatic heterocycles. The van der Waals surface area contributed by atoms with Gasteiger partial charge in [-0.3, -0.25) is 9.82 Å². The van der Waals surface area contributed by atoms with Gasteiger partial charge in [-0.05, 0) is 87.3 Å². The lowest BCUT2D eigenvalue weighted by atomic mass is 9.99. The lowest BCUT2D eigenvalue weighted by Crippen LogP contribution is -2.46. The van der Waals surface area contributed by atoms with E-state index in [4.69, 9.17) is 4.98 Å². The number of rotatable bonds is 6. The number of aromatic amines is 2. The number of hydrogen-bond acceptors (Lipinski definition) is 6. The average Bonchev–Trinajstić information content (AvgIpc) is 3.61. The summed E-state index contributed by atoms with van der Waals surface area (Å²) in [6, 6.07) is 20.8. The molecule has 0 amide bonds. The molecule has 2 aliphatic rings. The Kier molecular flexibility index (Phi) is 6.44. The van der Waals surface area contributed by atoms with Crippen LogP contribution in [0.4, 0.5) is 11.4 Å². The van der Waals surface area contributed by atoms with Gasteiger partial charge >= 0.3 is 0 Å². The van der Waals surface area contributed by atoms with Crippen LogP contribution in [0.2, 0.25) is 0 Å². The third-order valence-corrected chi connectivity index (χ3v) is 9.69. The molecule has 2 saturated heterocycles. The number of likely N-dealkylation sites (tertiary alicyclic amines) is 1. The molecule has 5 aromatic rings. The van der Waals surface area contributed by atoms with Crippen LogP contribution in [-0.2, 0) is 10.0 Å².